The monoisotopic (exact) mass is 253 g/mol. The van der Waals surface area contributed by atoms with E-state index in [1.54, 1.807) is 12.1 Å². The number of nitrogens with one attached hydrogen (secondary N) is 1. The normalized spacial score (nSPS) is 15.9. The average Bonchev–Trinajstić information content (AvgIpc) is 2.83. The van der Waals surface area contributed by atoms with Crippen LogP contribution in [-0.4, -0.2) is 19.1 Å². The molecule has 17 heavy (non-hydrogen) atoms. The van der Waals surface area contributed by atoms with Crippen molar-refractivity contribution in [3.8, 4) is 0 Å². The lowest BCUT2D eigenvalue weighted by molar-refractivity contribution is 0.0602. The second kappa shape index (κ2) is 5.41. The van der Waals surface area contributed by atoms with E-state index in [-0.39, 0.29) is 5.97 Å². The fourth-order valence-corrected chi connectivity index (χ4v) is 2.38. The van der Waals surface area contributed by atoms with Crippen LogP contribution in [0.4, 0.5) is 5.69 Å². The van der Waals surface area contributed by atoms with Gasteiger partial charge in [-0.1, -0.05) is 24.4 Å². The maximum atomic E-state index is 11.6. The molecular formula is C13H16ClNO2. The summed E-state index contributed by atoms with van der Waals surface area (Å²) in [5.41, 5.74) is 1.32. The molecule has 3 nitrogen and oxygen atoms in total. The van der Waals surface area contributed by atoms with Gasteiger partial charge in [-0.15, -0.1) is 0 Å². The summed E-state index contributed by atoms with van der Waals surface area (Å²) < 4.78 is 4.76. The third-order valence-electron chi connectivity index (χ3n) is 3.10. The summed E-state index contributed by atoms with van der Waals surface area (Å²) in [5, 5.41) is 3.94. The lowest BCUT2D eigenvalue weighted by Gasteiger charge is -2.16. The first-order chi connectivity index (χ1) is 8.20. The predicted molar refractivity (Wildman–Crippen MR) is 68.7 cm³/mol. The highest BCUT2D eigenvalue weighted by Gasteiger charge is 2.18. The molecule has 1 aromatic rings. The molecule has 0 amide bonds. The highest BCUT2D eigenvalue weighted by atomic mass is 35.5. The number of carbonyl (C=O) groups is 1. The van der Waals surface area contributed by atoms with Crippen molar-refractivity contribution in [2.45, 2.75) is 31.7 Å². The number of ether oxygens (including phenoxy) is 1. The van der Waals surface area contributed by atoms with Crippen molar-refractivity contribution in [1.82, 2.24) is 0 Å². The number of halogens is 1. The van der Waals surface area contributed by atoms with Crippen molar-refractivity contribution in [2.75, 3.05) is 12.4 Å². The van der Waals surface area contributed by atoms with Crippen LogP contribution in [-0.2, 0) is 4.74 Å². The van der Waals surface area contributed by atoms with E-state index in [0.717, 1.165) is 18.5 Å². The van der Waals surface area contributed by atoms with E-state index in [1.165, 1.54) is 20.0 Å². The molecule has 0 bridgehead atoms. The molecule has 0 radical (unpaired) electrons. The summed E-state index contributed by atoms with van der Waals surface area (Å²) in [6, 6.07) is 5.72. The van der Waals surface area contributed by atoms with Gasteiger partial charge in [-0.05, 0) is 31.0 Å². The second-order valence-corrected chi connectivity index (χ2v) is 4.74. The Hall–Kier alpha value is -1.22. The quantitative estimate of drug-likeness (QED) is 0.838. The molecule has 0 spiro atoms. The molecule has 0 unspecified atom stereocenters. The van der Waals surface area contributed by atoms with Crippen LogP contribution >= 0.6 is 11.6 Å². The van der Waals surface area contributed by atoms with Crippen molar-refractivity contribution in [2.24, 2.45) is 0 Å². The van der Waals surface area contributed by atoms with Crippen molar-refractivity contribution in [3.63, 3.8) is 0 Å². The topological polar surface area (TPSA) is 38.3 Å². The number of carbonyl (C=O) groups excluding carboxylic acids is 1. The maximum absolute atomic E-state index is 11.6. The Labute approximate surface area is 106 Å². The van der Waals surface area contributed by atoms with Crippen molar-refractivity contribution in [1.29, 1.82) is 0 Å². The number of benzene rings is 1. The van der Waals surface area contributed by atoms with E-state index < -0.39 is 0 Å². The highest BCUT2D eigenvalue weighted by Crippen LogP contribution is 2.26. The molecular weight excluding hydrogens is 238 g/mol. The molecule has 0 aromatic heterocycles. The molecule has 1 N–H and O–H groups in total. The molecule has 0 saturated heterocycles. The zero-order chi connectivity index (χ0) is 12.3. The molecule has 0 atom stereocenters. The fraction of sp³-hybridized carbons (Fsp3) is 0.462. The van der Waals surface area contributed by atoms with Crippen LogP contribution in [0, 0.1) is 0 Å². The Kier molecular flexibility index (Phi) is 3.89. The minimum absolute atomic E-state index is 0.354. The first-order valence-corrected chi connectivity index (χ1v) is 6.23. The van der Waals surface area contributed by atoms with E-state index in [9.17, 15) is 4.79 Å². The Morgan fingerprint density at radius 3 is 2.76 bits per heavy atom. The van der Waals surface area contributed by atoms with Gasteiger partial charge in [0.05, 0.1) is 12.7 Å². The Balaban J connectivity index is 2.22. The first-order valence-electron chi connectivity index (χ1n) is 5.85. The zero-order valence-electron chi connectivity index (χ0n) is 9.83. The summed E-state index contributed by atoms with van der Waals surface area (Å²) in [5.74, 6) is -0.354. The number of hydrogen-bond acceptors (Lipinski definition) is 3. The summed E-state index contributed by atoms with van der Waals surface area (Å²) in [7, 11) is 1.38. The minimum Gasteiger partial charge on any atom is -0.465 e. The third kappa shape index (κ3) is 2.91. The van der Waals surface area contributed by atoms with Crippen LogP contribution in [0.25, 0.3) is 0 Å². The molecule has 92 valence electrons. The van der Waals surface area contributed by atoms with E-state index in [1.807, 2.05) is 6.07 Å². The van der Waals surface area contributed by atoms with Crippen LogP contribution < -0.4 is 5.32 Å². The van der Waals surface area contributed by atoms with Gasteiger partial charge in [0.1, 0.15) is 0 Å². The number of rotatable bonds is 3. The molecule has 4 heteroatoms. The van der Waals surface area contributed by atoms with Crippen LogP contribution in [0.2, 0.25) is 5.02 Å². The molecule has 1 aliphatic carbocycles. The summed E-state index contributed by atoms with van der Waals surface area (Å²) in [6.45, 7) is 0. The van der Waals surface area contributed by atoms with E-state index in [4.69, 9.17) is 16.3 Å². The van der Waals surface area contributed by atoms with Gasteiger partial charge >= 0.3 is 5.97 Å². The van der Waals surface area contributed by atoms with Crippen LogP contribution in [0.3, 0.4) is 0 Å². The van der Waals surface area contributed by atoms with E-state index in [0.29, 0.717) is 16.6 Å². The second-order valence-electron chi connectivity index (χ2n) is 4.31. The predicted octanol–water partition coefficient (Wildman–Crippen LogP) is 3.48. The van der Waals surface area contributed by atoms with Gasteiger partial charge in [0.25, 0.3) is 0 Å². The van der Waals surface area contributed by atoms with Gasteiger partial charge in [-0.25, -0.2) is 4.79 Å². The first kappa shape index (κ1) is 12.2. The molecule has 1 aromatic carbocycles. The minimum atomic E-state index is -0.354. The number of methoxy groups -OCH3 is 1. The third-order valence-corrected chi connectivity index (χ3v) is 3.34. The number of hydrogen-bond donors (Lipinski definition) is 1. The van der Waals surface area contributed by atoms with Crippen molar-refractivity contribution in [3.05, 3.63) is 28.8 Å². The summed E-state index contributed by atoms with van der Waals surface area (Å²) >= 11 is 5.90. The van der Waals surface area contributed by atoms with E-state index in [2.05, 4.69) is 5.32 Å². The Morgan fingerprint density at radius 2 is 2.12 bits per heavy atom. The largest absolute Gasteiger partial charge is 0.465 e. The van der Waals surface area contributed by atoms with Crippen LogP contribution in [0.5, 0.6) is 0 Å². The number of esters is 1. The lowest BCUT2D eigenvalue weighted by Crippen LogP contribution is -2.17. The Morgan fingerprint density at radius 1 is 1.41 bits per heavy atom. The van der Waals surface area contributed by atoms with Gasteiger partial charge in [0.15, 0.2) is 0 Å². The molecule has 1 fully saturated rings. The lowest BCUT2D eigenvalue weighted by atomic mass is 10.1. The zero-order valence-corrected chi connectivity index (χ0v) is 10.6. The van der Waals surface area contributed by atoms with Gasteiger partial charge in [-0.3, -0.25) is 0 Å². The molecule has 0 aliphatic heterocycles. The number of anilines is 1. The maximum Gasteiger partial charge on any atom is 0.340 e. The molecule has 0 heterocycles. The van der Waals surface area contributed by atoms with Crippen molar-refractivity contribution < 1.29 is 9.53 Å². The van der Waals surface area contributed by atoms with Gasteiger partial charge in [0, 0.05) is 16.8 Å². The van der Waals surface area contributed by atoms with Crippen molar-refractivity contribution >= 4 is 23.3 Å². The van der Waals surface area contributed by atoms with Gasteiger partial charge in [0.2, 0.25) is 0 Å². The van der Waals surface area contributed by atoms with Gasteiger partial charge in [-0.2, -0.15) is 0 Å². The highest BCUT2D eigenvalue weighted by molar-refractivity contribution is 6.31. The smallest absolute Gasteiger partial charge is 0.340 e. The summed E-state index contributed by atoms with van der Waals surface area (Å²) in [6.07, 6.45) is 4.81. The molecule has 2 rings (SSSR count). The Bertz CT molecular complexity index is 414. The van der Waals surface area contributed by atoms with Crippen LogP contribution in [0.15, 0.2) is 18.2 Å². The summed E-state index contributed by atoms with van der Waals surface area (Å²) in [4.78, 5) is 11.6. The fourth-order valence-electron chi connectivity index (χ4n) is 2.21. The van der Waals surface area contributed by atoms with Gasteiger partial charge < -0.3 is 10.1 Å². The average molecular weight is 254 g/mol. The SMILES string of the molecule is COC(=O)c1cc(Cl)ccc1NC1CCCC1. The standard InChI is InChI=1S/C13H16ClNO2/c1-17-13(16)11-8-9(14)6-7-12(11)15-10-4-2-3-5-10/h6-8,10,15H,2-5H2,1H3. The van der Waals surface area contributed by atoms with E-state index >= 15 is 0 Å². The van der Waals surface area contributed by atoms with Crippen LogP contribution in [0.1, 0.15) is 36.0 Å². The molecule has 1 saturated carbocycles. The molecule has 1 aliphatic rings.